The molecule has 0 unspecified atom stereocenters. The lowest BCUT2D eigenvalue weighted by Gasteiger charge is -2.13. The van der Waals surface area contributed by atoms with Crippen LogP contribution in [0.5, 0.6) is 5.75 Å². The van der Waals surface area contributed by atoms with Gasteiger partial charge < -0.3 is 15.4 Å². The van der Waals surface area contributed by atoms with Crippen LogP contribution >= 0.6 is 11.3 Å². The highest BCUT2D eigenvalue weighted by Gasteiger charge is 2.39. The Morgan fingerprint density at radius 2 is 2.11 bits per heavy atom. The van der Waals surface area contributed by atoms with Crippen molar-refractivity contribution in [1.82, 2.24) is 15.2 Å². The fourth-order valence-electron chi connectivity index (χ4n) is 3.38. The predicted molar refractivity (Wildman–Crippen MR) is 103 cm³/mol. The molecule has 4 rings (SSSR count). The molecule has 1 aliphatic carbocycles. The number of rotatable bonds is 6. The number of nitrogens with one attached hydrogen (secondary N) is 2. The Hall–Kier alpha value is -2.94. The van der Waals surface area contributed by atoms with Crippen LogP contribution in [0, 0.1) is 0 Å². The van der Waals surface area contributed by atoms with Crippen LogP contribution in [0.1, 0.15) is 29.0 Å². The van der Waals surface area contributed by atoms with Crippen LogP contribution in [-0.2, 0) is 29.0 Å². The predicted octanol–water partition coefficient (Wildman–Crippen LogP) is 2.09. The number of nitrogens with zero attached hydrogens (tertiary/aromatic N) is 2. The lowest BCUT2D eigenvalue weighted by molar-refractivity contribution is -0.130. The first-order chi connectivity index (χ1) is 13.5. The van der Waals surface area contributed by atoms with E-state index in [-0.39, 0.29) is 18.9 Å². The summed E-state index contributed by atoms with van der Waals surface area (Å²) < 4.78 is 5.10. The first kappa shape index (κ1) is 18.4. The maximum atomic E-state index is 12.6. The molecule has 28 heavy (non-hydrogen) atoms. The number of carbonyl (C=O) groups is 3. The molecule has 0 radical (unpaired) electrons. The fraction of sp³-hybridized carbons (Fsp3) is 0.368. The van der Waals surface area contributed by atoms with Crippen molar-refractivity contribution >= 4 is 34.3 Å². The molecule has 0 bridgehead atoms. The Bertz CT molecular complexity index is 903. The number of aromatic nitrogens is 1. The van der Waals surface area contributed by atoms with Gasteiger partial charge in [-0.1, -0.05) is 12.1 Å². The van der Waals surface area contributed by atoms with E-state index >= 15 is 0 Å². The van der Waals surface area contributed by atoms with Crippen molar-refractivity contribution in [1.29, 1.82) is 0 Å². The summed E-state index contributed by atoms with van der Waals surface area (Å²) in [5.41, 5.74) is 1.85. The molecule has 9 heteroatoms. The average Bonchev–Trinajstić information content (AvgIpc) is 3.33. The molecule has 146 valence electrons. The first-order valence-corrected chi connectivity index (χ1v) is 9.88. The van der Waals surface area contributed by atoms with Gasteiger partial charge in [0.05, 0.1) is 25.8 Å². The van der Waals surface area contributed by atoms with E-state index in [1.807, 2.05) is 0 Å². The Kier molecular flexibility index (Phi) is 4.99. The lowest BCUT2D eigenvalue weighted by Crippen LogP contribution is -2.34. The van der Waals surface area contributed by atoms with Gasteiger partial charge in [0, 0.05) is 4.88 Å². The molecular weight excluding hydrogens is 380 g/mol. The molecule has 2 aliphatic rings. The van der Waals surface area contributed by atoms with E-state index in [1.54, 1.807) is 31.4 Å². The van der Waals surface area contributed by atoms with Crippen molar-refractivity contribution < 1.29 is 19.1 Å². The number of carbonyl (C=O) groups excluding carboxylic acids is 3. The van der Waals surface area contributed by atoms with E-state index in [0.29, 0.717) is 10.9 Å². The SMILES string of the molecule is COc1ccc(CN2C(=O)N[C@H](CC(=O)Nc3nc4c(s3)CCC4)C2=O)cc1. The molecule has 1 atom stereocenters. The third-order valence-corrected chi connectivity index (χ3v) is 5.91. The topological polar surface area (TPSA) is 101 Å². The van der Waals surface area contributed by atoms with E-state index in [9.17, 15) is 14.4 Å². The summed E-state index contributed by atoms with van der Waals surface area (Å²) in [6.07, 6.45) is 2.93. The number of imide groups is 1. The summed E-state index contributed by atoms with van der Waals surface area (Å²) in [4.78, 5) is 43.8. The van der Waals surface area contributed by atoms with Crippen LogP contribution in [0.4, 0.5) is 9.93 Å². The minimum atomic E-state index is -0.863. The number of methoxy groups -OCH3 is 1. The summed E-state index contributed by atoms with van der Waals surface area (Å²) in [5, 5.41) is 5.89. The summed E-state index contributed by atoms with van der Waals surface area (Å²) in [7, 11) is 1.57. The van der Waals surface area contributed by atoms with Crippen LogP contribution in [0.2, 0.25) is 0 Å². The summed E-state index contributed by atoms with van der Waals surface area (Å²) in [5.74, 6) is -0.0429. The summed E-state index contributed by atoms with van der Waals surface area (Å²) >= 11 is 1.48. The monoisotopic (exact) mass is 400 g/mol. The second-order valence-electron chi connectivity index (χ2n) is 6.77. The molecule has 0 saturated carbocycles. The number of anilines is 1. The van der Waals surface area contributed by atoms with Gasteiger partial charge in [-0.2, -0.15) is 0 Å². The van der Waals surface area contributed by atoms with E-state index in [0.717, 1.165) is 35.4 Å². The van der Waals surface area contributed by atoms with E-state index < -0.39 is 18.0 Å². The largest absolute Gasteiger partial charge is 0.497 e. The third kappa shape index (κ3) is 3.70. The standard InChI is InChI=1S/C19H20N4O4S/c1-27-12-7-5-11(6-8-12)10-23-17(25)14(21-19(23)26)9-16(24)22-18-20-13-3-2-4-15(13)28-18/h5-8,14H,2-4,9-10H2,1H3,(H,21,26)(H,20,22,24)/t14-/m1/s1. The molecule has 2 N–H and O–H groups in total. The second-order valence-corrected chi connectivity index (χ2v) is 7.85. The highest BCUT2D eigenvalue weighted by atomic mass is 32.1. The van der Waals surface area contributed by atoms with Gasteiger partial charge in [0.25, 0.3) is 5.91 Å². The van der Waals surface area contributed by atoms with Gasteiger partial charge in [0.15, 0.2) is 5.13 Å². The van der Waals surface area contributed by atoms with Gasteiger partial charge in [-0.05, 0) is 37.0 Å². The normalized spacial score (nSPS) is 18.2. The smallest absolute Gasteiger partial charge is 0.325 e. The van der Waals surface area contributed by atoms with Crippen LogP contribution < -0.4 is 15.4 Å². The molecule has 0 spiro atoms. The number of urea groups is 1. The first-order valence-electron chi connectivity index (χ1n) is 9.06. The number of hydrogen-bond donors (Lipinski definition) is 2. The highest BCUT2D eigenvalue weighted by molar-refractivity contribution is 7.15. The number of fused-ring (bicyclic) bond motifs is 1. The summed E-state index contributed by atoms with van der Waals surface area (Å²) in [6.45, 7) is 0.145. The van der Waals surface area contributed by atoms with Gasteiger partial charge in [-0.3, -0.25) is 14.5 Å². The number of ether oxygens (including phenoxy) is 1. The van der Waals surface area contributed by atoms with E-state index in [2.05, 4.69) is 15.6 Å². The van der Waals surface area contributed by atoms with Crippen molar-refractivity contribution in [2.24, 2.45) is 0 Å². The molecule has 1 saturated heterocycles. The minimum Gasteiger partial charge on any atom is -0.497 e. The van der Waals surface area contributed by atoms with Crippen LogP contribution in [0.25, 0.3) is 0 Å². The Morgan fingerprint density at radius 1 is 1.32 bits per heavy atom. The summed E-state index contributed by atoms with van der Waals surface area (Å²) in [6, 6.07) is 5.76. The van der Waals surface area contributed by atoms with Crippen molar-refractivity contribution in [3.8, 4) is 5.75 Å². The second kappa shape index (κ2) is 7.59. The Labute approximate surface area is 165 Å². The van der Waals surface area contributed by atoms with Crippen LogP contribution in [-0.4, -0.2) is 40.9 Å². The number of hydrogen-bond acceptors (Lipinski definition) is 6. The quantitative estimate of drug-likeness (QED) is 0.723. The fourth-order valence-corrected chi connectivity index (χ4v) is 4.44. The lowest BCUT2D eigenvalue weighted by atomic mass is 10.1. The third-order valence-electron chi connectivity index (χ3n) is 4.84. The van der Waals surface area contributed by atoms with Crippen molar-refractivity contribution in [2.45, 2.75) is 38.3 Å². The zero-order valence-corrected chi connectivity index (χ0v) is 16.2. The van der Waals surface area contributed by atoms with Crippen molar-refractivity contribution in [2.75, 3.05) is 12.4 Å². The van der Waals surface area contributed by atoms with Gasteiger partial charge in [-0.25, -0.2) is 9.78 Å². The molecule has 1 fully saturated rings. The van der Waals surface area contributed by atoms with Gasteiger partial charge in [0.2, 0.25) is 5.91 Å². The minimum absolute atomic E-state index is 0.117. The molecule has 2 heterocycles. The number of thiazole rings is 1. The molecule has 8 nitrogen and oxygen atoms in total. The van der Waals surface area contributed by atoms with Gasteiger partial charge in [0.1, 0.15) is 11.8 Å². The van der Waals surface area contributed by atoms with Crippen LogP contribution in [0.3, 0.4) is 0 Å². The molecule has 1 aromatic heterocycles. The molecular formula is C19H20N4O4S. The maximum absolute atomic E-state index is 12.6. The Morgan fingerprint density at radius 3 is 2.82 bits per heavy atom. The molecule has 4 amide bonds. The van der Waals surface area contributed by atoms with Crippen LogP contribution in [0.15, 0.2) is 24.3 Å². The molecule has 1 aliphatic heterocycles. The maximum Gasteiger partial charge on any atom is 0.325 e. The number of amides is 4. The molecule has 1 aromatic carbocycles. The zero-order valence-electron chi connectivity index (χ0n) is 15.4. The Balaban J connectivity index is 1.35. The van der Waals surface area contributed by atoms with Crippen molar-refractivity contribution in [3.05, 3.63) is 40.4 Å². The van der Waals surface area contributed by atoms with Crippen molar-refractivity contribution in [3.63, 3.8) is 0 Å². The average molecular weight is 400 g/mol. The van der Waals surface area contributed by atoms with E-state index in [4.69, 9.17) is 4.74 Å². The zero-order chi connectivity index (χ0) is 19.7. The highest BCUT2D eigenvalue weighted by Crippen LogP contribution is 2.30. The van der Waals surface area contributed by atoms with E-state index in [1.165, 1.54) is 16.2 Å². The molecule has 2 aromatic rings. The number of benzene rings is 1. The number of aryl methyl sites for hydroxylation is 2. The van der Waals surface area contributed by atoms with Gasteiger partial charge >= 0.3 is 6.03 Å². The van der Waals surface area contributed by atoms with Gasteiger partial charge in [-0.15, -0.1) is 11.3 Å².